The normalized spacial score (nSPS) is 15.5. The molecule has 120 valence electrons. The molecule has 24 heavy (non-hydrogen) atoms. The second-order valence-corrected chi connectivity index (χ2v) is 7.01. The number of fused-ring (bicyclic) bond motifs is 1. The molecule has 0 bridgehead atoms. The summed E-state index contributed by atoms with van der Waals surface area (Å²) in [6.07, 6.45) is 0. The number of nitriles is 1. The molecule has 3 aromatic rings. The van der Waals surface area contributed by atoms with E-state index in [1.165, 1.54) is 4.70 Å². The second kappa shape index (κ2) is 6.60. The SMILES string of the molecule is N#Cc1ccccc1CN1CCN(c2nc3ccccc3s2)CC1. The van der Waals surface area contributed by atoms with E-state index in [0.29, 0.717) is 0 Å². The van der Waals surface area contributed by atoms with Crippen molar-refractivity contribution in [2.24, 2.45) is 0 Å². The van der Waals surface area contributed by atoms with E-state index in [0.717, 1.165) is 54.5 Å². The lowest BCUT2D eigenvalue weighted by Gasteiger charge is -2.34. The van der Waals surface area contributed by atoms with Gasteiger partial charge in [-0.1, -0.05) is 41.7 Å². The molecule has 5 heteroatoms. The Morgan fingerprint density at radius 2 is 1.75 bits per heavy atom. The average Bonchev–Trinajstić information content (AvgIpc) is 3.07. The fourth-order valence-corrected chi connectivity index (χ4v) is 4.12. The minimum Gasteiger partial charge on any atom is -0.345 e. The Morgan fingerprint density at radius 1 is 1.00 bits per heavy atom. The Labute approximate surface area is 145 Å². The van der Waals surface area contributed by atoms with E-state index in [1.807, 2.05) is 24.3 Å². The van der Waals surface area contributed by atoms with Gasteiger partial charge in [-0.3, -0.25) is 4.90 Å². The summed E-state index contributed by atoms with van der Waals surface area (Å²) < 4.78 is 1.25. The standard InChI is InChI=1S/C19H18N4S/c20-13-15-5-1-2-6-16(15)14-22-9-11-23(12-10-22)19-21-17-7-3-4-8-18(17)24-19/h1-8H,9-12,14H2. The van der Waals surface area contributed by atoms with E-state index in [9.17, 15) is 5.26 Å². The number of rotatable bonds is 3. The van der Waals surface area contributed by atoms with Gasteiger partial charge in [-0.25, -0.2) is 4.98 Å². The van der Waals surface area contributed by atoms with Crippen molar-refractivity contribution >= 4 is 26.7 Å². The molecule has 0 aliphatic carbocycles. The third-order valence-electron chi connectivity index (χ3n) is 4.46. The molecular weight excluding hydrogens is 316 g/mol. The van der Waals surface area contributed by atoms with E-state index in [2.05, 4.69) is 40.1 Å². The molecule has 0 saturated carbocycles. The maximum absolute atomic E-state index is 9.22. The van der Waals surface area contributed by atoms with E-state index >= 15 is 0 Å². The summed E-state index contributed by atoms with van der Waals surface area (Å²) in [6, 6.07) is 18.5. The fourth-order valence-electron chi connectivity index (χ4n) is 3.10. The Morgan fingerprint density at radius 3 is 2.54 bits per heavy atom. The van der Waals surface area contributed by atoms with Gasteiger partial charge in [0.15, 0.2) is 5.13 Å². The summed E-state index contributed by atoms with van der Waals surface area (Å²) in [5.74, 6) is 0. The van der Waals surface area contributed by atoms with E-state index < -0.39 is 0 Å². The lowest BCUT2D eigenvalue weighted by molar-refractivity contribution is 0.249. The first-order valence-electron chi connectivity index (χ1n) is 8.14. The molecule has 4 nitrogen and oxygen atoms in total. The van der Waals surface area contributed by atoms with Gasteiger partial charge in [0.2, 0.25) is 0 Å². The van der Waals surface area contributed by atoms with Crippen LogP contribution in [0.25, 0.3) is 10.2 Å². The van der Waals surface area contributed by atoms with Crippen LogP contribution in [0.5, 0.6) is 0 Å². The highest BCUT2D eigenvalue weighted by molar-refractivity contribution is 7.22. The van der Waals surface area contributed by atoms with Crippen LogP contribution in [0.3, 0.4) is 0 Å². The van der Waals surface area contributed by atoms with E-state index in [4.69, 9.17) is 4.98 Å². The third kappa shape index (κ3) is 2.99. The van der Waals surface area contributed by atoms with Crippen LogP contribution in [0.4, 0.5) is 5.13 Å². The number of aromatic nitrogens is 1. The van der Waals surface area contributed by atoms with Gasteiger partial charge in [0, 0.05) is 32.7 Å². The molecule has 0 atom stereocenters. The van der Waals surface area contributed by atoms with Crippen LogP contribution in [0.1, 0.15) is 11.1 Å². The van der Waals surface area contributed by atoms with Gasteiger partial charge in [-0.15, -0.1) is 0 Å². The first-order chi connectivity index (χ1) is 11.8. The summed E-state index contributed by atoms with van der Waals surface area (Å²) in [6.45, 7) is 4.80. The lowest BCUT2D eigenvalue weighted by Crippen LogP contribution is -2.46. The van der Waals surface area contributed by atoms with Gasteiger partial charge in [0.1, 0.15) is 0 Å². The first kappa shape index (κ1) is 15.1. The van der Waals surface area contributed by atoms with Gasteiger partial charge < -0.3 is 4.90 Å². The molecule has 0 amide bonds. The molecule has 1 saturated heterocycles. The predicted molar refractivity (Wildman–Crippen MR) is 98.3 cm³/mol. The monoisotopic (exact) mass is 334 g/mol. The minimum atomic E-state index is 0.783. The molecule has 1 aliphatic heterocycles. The molecule has 1 fully saturated rings. The Balaban J connectivity index is 1.42. The smallest absolute Gasteiger partial charge is 0.186 e. The van der Waals surface area contributed by atoms with Crippen LogP contribution in [0.2, 0.25) is 0 Å². The largest absolute Gasteiger partial charge is 0.345 e. The Kier molecular flexibility index (Phi) is 4.16. The number of benzene rings is 2. The molecule has 0 spiro atoms. The van der Waals surface area contributed by atoms with Gasteiger partial charge in [-0.05, 0) is 23.8 Å². The molecule has 2 heterocycles. The van der Waals surface area contributed by atoms with E-state index in [-0.39, 0.29) is 0 Å². The zero-order valence-corrected chi connectivity index (χ0v) is 14.2. The molecule has 1 aromatic heterocycles. The van der Waals surface area contributed by atoms with Crippen molar-refractivity contribution in [3.8, 4) is 6.07 Å². The molecule has 2 aromatic carbocycles. The number of piperazine rings is 1. The minimum absolute atomic E-state index is 0.783. The average molecular weight is 334 g/mol. The van der Waals surface area contributed by atoms with Crippen molar-refractivity contribution in [1.29, 1.82) is 5.26 Å². The van der Waals surface area contributed by atoms with Crippen molar-refractivity contribution in [2.75, 3.05) is 31.1 Å². The number of anilines is 1. The van der Waals surface area contributed by atoms with Crippen molar-refractivity contribution in [1.82, 2.24) is 9.88 Å². The van der Waals surface area contributed by atoms with Crippen molar-refractivity contribution in [3.63, 3.8) is 0 Å². The van der Waals surface area contributed by atoms with Crippen molar-refractivity contribution < 1.29 is 0 Å². The summed E-state index contributed by atoms with van der Waals surface area (Å²) in [5.41, 5.74) is 2.99. The maximum atomic E-state index is 9.22. The highest BCUT2D eigenvalue weighted by Crippen LogP contribution is 2.29. The number of thiazole rings is 1. The van der Waals surface area contributed by atoms with Gasteiger partial charge in [-0.2, -0.15) is 5.26 Å². The molecule has 4 rings (SSSR count). The van der Waals surface area contributed by atoms with Crippen LogP contribution in [-0.4, -0.2) is 36.1 Å². The number of nitrogens with zero attached hydrogens (tertiary/aromatic N) is 4. The molecule has 0 unspecified atom stereocenters. The zero-order chi connectivity index (χ0) is 16.4. The highest BCUT2D eigenvalue weighted by atomic mass is 32.1. The third-order valence-corrected chi connectivity index (χ3v) is 5.55. The highest BCUT2D eigenvalue weighted by Gasteiger charge is 2.20. The van der Waals surface area contributed by atoms with Gasteiger partial charge >= 0.3 is 0 Å². The predicted octanol–water partition coefficient (Wildman–Crippen LogP) is 3.49. The zero-order valence-electron chi connectivity index (χ0n) is 13.4. The summed E-state index contributed by atoms with van der Waals surface area (Å²) in [4.78, 5) is 9.54. The maximum Gasteiger partial charge on any atom is 0.186 e. The summed E-state index contributed by atoms with van der Waals surface area (Å²) >= 11 is 1.77. The van der Waals surface area contributed by atoms with E-state index in [1.54, 1.807) is 11.3 Å². The number of para-hydroxylation sites is 1. The number of hydrogen-bond acceptors (Lipinski definition) is 5. The van der Waals surface area contributed by atoms with Crippen molar-refractivity contribution in [3.05, 3.63) is 59.7 Å². The van der Waals surface area contributed by atoms with Gasteiger partial charge in [0.25, 0.3) is 0 Å². The quantitative estimate of drug-likeness (QED) is 0.735. The van der Waals surface area contributed by atoms with Crippen LogP contribution in [0, 0.1) is 11.3 Å². The lowest BCUT2D eigenvalue weighted by atomic mass is 10.1. The number of hydrogen-bond donors (Lipinski definition) is 0. The Bertz CT molecular complexity index is 855. The summed E-state index contributed by atoms with van der Waals surface area (Å²) in [5, 5.41) is 10.3. The first-order valence-corrected chi connectivity index (χ1v) is 8.96. The van der Waals surface area contributed by atoms with Crippen molar-refractivity contribution in [2.45, 2.75) is 6.54 Å². The molecule has 1 aliphatic rings. The topological polar surface area (TPSA) is 43.2 Å². The van der Waals surface area contributed by atoms with Crippen LogP contribution in [0.15, 0.2) is 48.5 Å². The molecule has 0 N–H and O–H groups in total. The van der Waals surface area contributed by atoms with Gasteiger partial charge in [0.05, 0.1) is 21.8 Å². The fraction of sp³-hybridized carbons (Fsp3) is 0.263. The molecular formula is C19H18N4S. The molecule has 0 radical (unpaired) electrons. The van der Waals surface area contributed by atoms with Crippen LogP contribution >= 0.6 is 11.3 Å². The summed E-state index contributed by atoms with van der Waals surface area (Å²) in [7, 11) is 0. The van der Waals surface area contributed by atoms with Crippen LogP contribution in [-0.2, 0) is 6.54 Å². The second-order valence-electron chi connectivity index (χ2n) is 6.00. The van der Waals surface area contributed by atoms with Crippen LogP contribution < -0.4 is 4.90 Å². The Hall–Kier alpha value is -2.42.